The Kier molecular flexibility index (Phi) is 4.71. The Balaban J connectivity index is 1.87. The average molecular weight is 268 g/mol. The molecule has 0 aromatic heterocycles. The van der Waals surface area contributed by atoms with E-state index in [1.54, 1.807) is 0 Å². The SMILES string of the molecule is CC(C)(C)OC(=O)NC1CCCCCC1NC1CC1. The third kappa shape index (κ3) is 5.39. The minimum absolute atomic E-state index is 0.220. The fourth-order valence-corrected chi connectivity index (χ4v) is 2.69. The van der Waals surface area contributed by atoms with E-state index >= 15 is 0 Å². The van der Waals surface area contributed by atoms with E-state index in [2.05, 4.69) is 10.6 Å². The van der Waals surface area contributed by atoms with Gasteiger partial charge in [-0.15, -0.1) is 0 Å². The van der Waals surface area contributed by atoms with Crippen LogP contribution in [0.5, 0.6) is 0 Å². The van der Waals surface area contributed by atoms with Gasteiger partial charge in [0.2, 0.25) is 0 Å². The lowest BCUT2D eigenvalue weighted by atomic mass is 10.0. The van der Waals surface area contributed by atoms with Crippen molar-refractivity contribution in [1.82, 2.24) is 10.6 Å². The highest BCUT2D eigenvalue weighted by molar-refractivity contribution is 5.68. The summed E-state index contributed by atoms with van der Waals surface area (Å²) in [7, 11) is 0. The van der Waals surface area contributed by atoms with Gasteiger partial charge in [0.15, 0.2) is 0 Å². The number of amides is 1. The first-order valence-electron chi connectivity index (χ1n) is 7.69. The van der Waals surface area contributed by atoms with Crippen molar-refractivity contribution in [2.45, 2.75) is 89.4 Å². The summed E-state index contributed by atoms with van der Waals surface area (Å²) < 4.78 is 5.37. The lowest BCUT2D eigenvalue weighted by Crippen LogP contribution is -2.51. The van der Waals surface area contributed by atoms with Crippen LogP contribution in [0.25, 0.3) is 0 Å². The number of nitrogens with one attached hydrogen (secondary N) is 2. The van der Waals surface area contributed by atoms with E-state index in [4.69, 9.17) is 4.74 Å². The molecule has 2 fully saturated rings. The summed E-state index contributed by atoms with van der Waals surface area (Å²) in [5.74, 6) is 0. The van der Waals surface area contributed by atoms with Gasteiger partial charge in [-0.25, -0.2) is 4.79 Å². The Morgan fingerprint density at radius 3 is 2.21 bits per heavy atom. The molecule has 2 rings (SSSR count). The summed E-state index contributed by atoms with van der Waals surface area (Å²) >= 11 is 0. The molecule has 0 aliphatic heterocycles. The molecule has 110 valence electrons. The molecule has 0 bridgehead atoms. The maximum absolute atomic E-state index is 11.9. The second kappa shape index (κ2) is 6.12. The van der Waals surface area contributed by atoms with E-state index in [1.807, 2.05) is 20.8 Å². The van der Waals surface area contributed by atoms with Gasteiger partial charge in [-0.3, -0.25) is 0 Å². The predicted octanol–water partition coefficient (Wildman–Crippen LogP) is 2.96. The number of rotatable bonds is 3. The lowest BCUT2D eigenvalue weighted by Gasteiger charge is -2.29. The smallest absolute Gasteiger partial charge is 0.407 e. The Hall–Kier alpha value is -0.770. The van der Waals surface area contributed by atoms with E-state index in [1.165, 1.54) is 32.1 Å². The molecule has 4 heteroatoms. The van der Waals surface area contributed by atoms with Gasteiger partial charge in [0.05, 0.1) is 0 Å². The maximum Gasteiger partial charge on any atom is 0.407 e. The monoisotopic (exact) mass is 268 g/mol. The van der Waals surface area contributed by atoms with Crippen molar-refractivity contribution in [1.29, 1.82) is 0 Å². The van der Waals surface area contributed by atoms with Crippen molar-refractivity contribution in [3.05, 3.63) is 0 Å². The quantitative estimate of drug-likeness (QED) is 0.774. The third-order valence-corrected chi connectivity index (χ3v) is 3.75. The van der Waals surface area contributed by atoms with Crippen LogP contribution < -0.4 is 10.6 Å². The molecule has 0 saturated heterocycles. The largest absolute Gasteiger partial charge is 0.444 e. The molecule has 2 atom stereocenters. The van der Waals surface area contributed by atoms with Crippen LogP contribution in [0.15, 0.2) is 0 Å². The molecule has 0 aromatic carbocycles. The Labute approximate surface area is 116 Å². The molecule has 0 radical (unpaired) electrons. The minimum Gasteiger partial charge on any atom is -0.444 e. The van der Waals surface area contributed by atoms with Gasteiger partial charge < -0.3 is 15.4 Å². The van der Waals surface area contributed by atoms with Crippen molar-refractivity contribution in [2.24, 2.45) is 0 Å². The molecule has 2 saturated carbocycles. The average Bonchev–Trinajstić information content (AvgIpc) is 3.07. The van der Waals surface area contributed by atoms with Gasteiger partial charge in [0, 0.05) is 18.1 Å². The fraction of sp³-hybridized carbons (Fsp3) is 0.933. The summed E-state index contributed by atoms with van der Waals surface area (Å²) in [5, 5.41) is 6.76. The topological polar surface area (TPSA) is 50.4 Å². The highest BCUT2D eigenvalue weighted by atomic mass is 16.6. The number of carbonyl (C=O) groups excluding carboxylic acids is 1. The zero-order valence-electron chi connectivity index (χ0n) is 12.5. The zero-order valence-corrected chi connectivity index (χ0v) is 12.5. The molecular formula is C15H28N2O2. The van der Waals surface area contributed by atoms with Crippen LogP contribution in [-0.4, -0.2) is 29.8 Å². The Bertz CT molecular complexity index is 308. The molecule has 4 nitrogen and oxygen atoms in total. The summed E-state index contributed by atoms with van der Waals surface area (Å²) in [6.07, 6.45) is 8.25. The summed E-state index contributed by atoms with van der Waals surface area (Å²) in [4.78, 5) is 11.9. The second-order valence-electron chi connectivity index (χ2n) is 6.94. The number of alkyl carbamates (subject to hydrolysis) is 1. The minimum atomic E-state index is -0.422. The van der Waals surface area contributed by atoms with Gasteiger partial charge in [0.1, 0.15) is 5.60 Å². The van der Waals surface area contributed by atoms with E-state index in [-0.39, 0.29) is 12.1 Å². The van der Waals surface area contributed by atoms with E-state index in [0.717, 1.165) is 12.8 Å². The van der Waals surface area contributed by atoms with Gasteiger partial charge in [-0.2, -0.15) is 0 Å². The number of hydrogen-bond donors (Lipinski definition) is 2. The maximum atomic E-state index is 11.9. The van der Waals surface area contributed by atoms with Crippen molar-refractivity contribution in [3.8, 4) is 0 Å². The Morgan fingerprint density at radius 2 is 1.63 bits per heavy atom. The fourth-order valence-electron chi connectivity index (χ4n) is 2.69. The molecule has 0 aromatic rings. The normalized spacial score (nSPS) is 28.6. The van der Waals surface area contributed by atoms with Crippen LogP contribution >= 0.6 is 0 Å². The zero-order chi connectivity index (χ0) is 13.9. The molecule has 0 spiro atoms. The molecule has 2 aliphatic rings. The molecule has 2 aliphatic carbocycles. The second-order valence-corrected chi connectivity index (χ2v) is 6.94. The van der Waals surface area contributed by atoms with Gasteiger partial charge in [-0.05, 0) is 46.5 Å². The standard InChI is InChI=1S/C15H28N2O2/c1-15(2,3)19-14(18)17-13-8-6-4-5-7-12(13)16-11-9-10-11/h11-13,16H,4-10H2,1-3H3,(H,17,18). The molecule has 2 unspecified atom stereocenters. The molecule has 1 amide bonds. The molecular weight excluding hydrogens is 240 g/mol. The number of carbonyl (C=O) groups is 1. The summed E-state index contributed by atoms with van der Waals surface area (Å²) in [6, 6.07) is 1.33. The van der Waals surface area contributed by atoms with Crippen LogP contribution in [0.4, 0.5) is 4.79 Å². The number of ether oxygens (including phenoxy) is 1. The summed E-state index contributed by atoms with van der Waals surface area (Å²) in [5.41, 5.74) is -0.422. The Morgan fingerprint density at radius 1 is 1.00 bits per heavy atom. The van der Waals surface area contributed by atoms with Gasteiger partial charge >= 0.3 is 6.09 Å². The molecule has 0 heterocycles. The van der Waals surface area contributed by atoms with Gasteiger partial charge in [0.25, 0.3) is 0 Å². The van der Waals surface area contributed by atoms with Gasteiger partial charge in [-0.1, -0.05) is 19.3 Å². The van der Waals surface area contributed by atoms with Crippen LogP contribution in [0.1, 0.15) is 65.7 Å². The van der Waals surface area contributed by atoms with Crippen molar-refractivity contribution in [3.63, 3.8) is 0 Å². The third-order valence-electron chi connectivity index (χ3n) is 3.75. The first kappa shape index (κ1) is 14.6. The van der Waals surface area contributed by atoms with E-state index < -0.39 is 5.60 Å². The van der Waals surface area contributed by atoms with Crippen molar-refractivity contribution in [2.75, 3.05) is 0 Å². The number of hydrogen-bond acceptors (Lipinski definition) is 3. The van der Waals surface area contributed by atoms with Crippen LogP contribution in [0.2, 0.25) is 0 Å². The van der Waals surface area contributed by atoms with Crippen molar-refractivity contribution >= 4 is 6.09 Å². The van der Waals surface area contributed by atoms with E-state index in [0.29, 0.717) is 12.1 Å². The molecule has 19 heavy (non-hydrogen) atoms. The summed E-state index contributed by atoms with van der Waals surface area (Å²) in [6.45, 7) is 5.71. The van der Waals surface area contributed by atoms with Crippen LogP contribution in [0.3, 0.4) is 0 Å². The van der Waals surface area contributed by atoms with E-state index in [9.17, 15) is 4.79 Å². The predicted molar refractivity (Wildman–Crippen MR) is 76.2 cm³/mol. The highest BCUT2D eigenvalue weighted by Gasteiger charge is 2.31. The highest BCUT2D eigenvalue weighted by Crippen LogP contribution is 2.25. The first-order chi connectivity index (χ1) is 8.94. The molecule has 2 N–H and O–H groups in total. The van der Waals surface area contributed by atoms with Crippen molar-refractivity contribution < 1.29 is 9.53 Å². The first-order valence-corrected chi connectivity index (χ1v) is 7.69. The van der Waals surface area contributed by atoms with Crippen LogP contribution in [-0.2, 0) is 4.74 Å². The van der Waals surface area contributed by atoms with Crippen LogP contribution in [0, 0.1) is 0 Å². The lowest BCUT2D eigenvalue weighted by molar-refractivity contribution is 0.0489.